The Bertz CT molecular complexity index is 1680. The number of nitrogens with one attached hydrogen (secondary N) is 1. The lowest BCUT2D eigenvalue weighted by molar-refractivity contribution is -0.139. The van der Waals surface area contributed by atoms with Crippen molar-refractivity contribution in [2.24, 2.45) is 0 Å². The molecule has 3 aromatic rings. The molecule has 1 saturated heterocycles. The van der Waals surface area contributed by atoms with E-state index in [4.69, 9.17) is 5.26 Å². The molecule has 2 N–H and O–H groups in total. The van der Waals surface area contributed by atoms with Crippen molar-refractivity contribution >= 4 is 46.6 Å². The number of amides is 3. The number of halogens is 3. The summed E-state index contributed by atoms with van der Waals surface area (Å²) in [5, 5.41) is 21.6. The van der Waals surface area contributed by atoms with Crippen LogP contribution in [-0.4, -0.2) is 59.6 Å². The van der Waals surface area contributed by atoms with E-state index in [2.05, 4.69) is 10.1 Å². The zero-order valence-electron chi connectivity index (χ0n) is 24.4. The van der Waals surface area contributed by atoms with E-state index in [-0.39, 0.29) is 18.8 Å². The summed E-state index contributed by atoms with van der Waals surface area (Å²) in [4.78, 5) is 53.3. The molecule has 45 heavy (non-hydrogen) atoms. The highest BCUT2D eigenvalue weighted by atomic mass is 19.4. The highest BCUT2D eigenvalue weighted by molar-refractivity contribution is 6.23. The lowest BCUT2D eigenvalue weighted by atomic mass is 10.0. The third kappa shape index (κ3) is 6.82. The Morgan fingerprint density at radius 3 is 2.31 bits per heavy atom. The monoisotopic (exact) mass is 623 g/mol. The smallest absolute Gasteiger partial charge is 0.417 e. The van der Waals surface area contributed by atoms with Crippen molar-refractivity contribution in [1.29, 1.82) is 5.26 Å². The number of para-hydroxylation sites is 1. The minimum absolute atomic E-state index is 0.0801. The predicted octanol–water partition coefficient (Wildman–Crippen LogP) is 5.13. The molecule has 0 radical (unpaired) electrons. The fourth-order valence-electron chi connectivity index (χ4n) is 4.82. The van der Waals surface area contributed by atoms with E-state index in [0.717, 1.165) is 12.1 Å². The van der Waals surface area contributed by atoms with Crippen LogP contribution in [0.2, 0.25) is 0 Å². The van der Waals surface area contributed by atoms with Gasteiger partial charge in [-0.3, -0.25) is 14.4 Å². The number of methoxy groups -OCH3 is 1. The number of carboxylic acids is 1. The van der Waals surface area contributed by atoms with Crippen LogP contribution < -0.4 is 15.1 Å². The quantitative estimate of drug-likeness (QED) is 0.232. The van der Waals surface area contributed by atoms with Crippen LogP contribution in [0.3, 0.4) is 0 Å². The lowest BCUT2D eigenvalue weighted by Gasteiger charge is -2.28. The Labute approximate surface area is 256 Å². The number of benzene rings is 3. The number of aliphatic carboxylic acids is 1. The summed E-state index contributed by atoms with van der Waals surface area (Å²) in [6.07, 6.45) is -4.87. The van der Waals surface area contributed by atoms with Crippen LogP contribution in [0.25, 0.3) is 0 Å². The Balaban J connectivity index is 1.59. The molecule has 1 aliphatic heterocycles. The summed E-state index contributed by atoms with van der Waals surface area (Å²) in [6, 6.07) is 16.8. The maximum atomic E-state index is 13.6. The highest BCUT2D eigenvalue weighted by Gasteiger charge is 2.52. The summed E-state index contributed by atoms with van der Waals surface area (Å²) in [5.41, 5.74) is -1.42. The van der Waals surface area contributed by atoms with Crippen LogP contribution in [0.1, 0.15) is 30.5 Å². The number of nitrogens with zero attached hydrogens (tertiary/aromatic N) is 4. The number of carbonyl (C=O) groups excluding carboxylic acids is 3. The molecule has 3 amide bonds. The number of ether oxygens (including phenoxy) is 1. The van der Waals surface area contributed by atoms with E-state index < -0.39 is 53.3 Å². The second kappa shape index (κ2) is 12.6. The van der Waals surface area contributed by atoms with Gasteiger partial charge in [0.1, 0.15) is 18.6 Å². The molecule has 1 fully saturated rings. The molecule has 1 aliphatic rings. The molecule has 1 heterocycles. The normalized spacial score (nSPS) is 14.2. The molecule has 4 rings (SSSR count). The van der Waals surface area contributed by atoms with Crippen LogP contribution in [0.4, 0.5) is 40.7 Å². The van der Waals surface area contributed by atoms with Gasteiger partial charge in [-0.05, 0) is 67.9 Å². The Kier molecular flexibility index (Phi) is 9.03. The third-order valence-electron chi connectivity index (χ3n) is 7.24. The molecule has 0 saturated carbocycles. The molecule has 11 nitrogen and oxygen atoms in total. The maximum Gasteiger partial charge on any atom is 0.417 e. The van der Waals surface area contributed by atoms with Gasteiger partial charge in [-0.25, -0.2) is 9.69 Å². The van der Waals surface area contributed by atoms with Crippen LogP contribution in [-0.2, 0) is 31.8 Å². The molecule has 0 atom stereocenters. The molecular weight excluding hydrogens is 595 g/mol. The van der Waals surface area contributed by atoms with Crippen LogP contribution in [0.5, 0.6) is 0 Å². The van der Waals surface area contributed by atoms with Crippen molar-refractivity contribution < 1.29 is 42.2 Å². The van der Waals surface area contributed by atoms with Crippen LogP contribution in [0.15, 0.2) is 66.7 Å². The number of hydrogen-bond donors (Lipinski definition) is 2. The molecule has 0 aromatic heterocycles. The van der Waals surface area contributed by atoms with Gasteiger partial charge in [0.05, 0.1) is 36.5 Å². The van der Waals surface area contributed by atoms with E-state index in [9.17, 15) is 37.5 Å². The third-order valence-corrected chi connectivity index (χ3v) is 7.24. The summed E-state index contributed by atoms with van der Waals surface area (Å²) in [6.45, 7) is 2.21. The fourth-order valence-corrected chi connectivity index (χ4v) is 4.82. The molecule has 0 spiro atoms. The van der Waals surface area contributed by atoms with Crippen LogP contribution in [0, 0.1) is 11.3 Å². The topological polar surface area (TPSA) is 143 Å². The molecule has 14 heteroatoms. The van der Waals surface area contributed by atoms with Crippen molar-refractivity contribution in [1.82, 2.24) is 4.90 Å². The molecule has 0 unspecified atom stereocenters. The number of imide groups is 1. The summed E-state index contributed by atoms with van der Waals surface area (Å²) in [7, 11) is 1.20. The van der Waals surface area contributed by atoms with Gasteiger partial charge in [-0.2, -0.15) is 18.4 Å². The SMILES string of the molecule is COC(=O)CN(CC(=O)O)c1ccc(Nc2ccccc2CN2C(=O)N(c3ccc(C#N)c(C(F)(F)F)c3)C(=O)C2(C)C)cc1. The van der Waals surface area contributed by atoms with Gasteiger partial charge in [-0.15, -0.1) is 0 Å². The van der Waals surface area contributed by atoms with Crippen molar-refractivity contribution in [3.05, 3.63) is 83.4 Å². The van der Waals surface area contributed by atoms with Crippen molar-refractivity contribution in [3.8, 4) is 6.07 Å². The first-order valence-corrected chi connectivity index (χ1v) is 13.4. The Morgan fingerprint density at radius 2 is 1.71 bits per heavy atom. The minimum atomic E-state index is -4.87. The number of hydrogen-bond acceptors (Lipinski definition) is 8. The number of urea groups is 1. The van der Waals surface area contributed by atoms with Gasteiger partial charge in [0, 0.05) is 17.1 Å². The average molecular weight is 624 g/mol. The molecule has 234 valence electrons. The number of alkyl halides is 3. The van der Waals surface area contributed by atoms with Crippen LogP contribution >= 0.6 is 0 Å². The number of rotatable bonds is 10. The first-order chi connectivity index (χ1) is 21.2. The van der Waals surface area contributed by atoms with E-state index >= 15 is 0 Å². The number of nitriles is 1. The average Bonchev–Trinajstić information content (AvgIpc) is 3.15. The Hall–Kier alpha value is -5.58. The van der Waals surface area contributed by atoms with Crippen molar-refractivity contribution in [2.45, 2.75) is 32.1 Å². The van der Waals surface area contributed by atoms with Crippen molar-refractivity contribution in [2.75, 3.05) is 35.3 Å². The maximum absolute atomic E-state index is 13.6. The zero-order valence-corrected chi connectivity index (χ0v) is 24.4. The number of carboxylic acid groups (broad SMARTS) is 1. The number of anilines is 4. The summed E-state index contributed by atoms with van der Waals surface area (Å²) < 4.78 is 45.5. The minimum Gasteiger partial charge on any atom is -0.480 e. The second-order valence-electron chi connectivity index (χ2n) is 10.6. The summed E-state index contributed by atoms with van der Waals surface area (Å²) >= 11 is 0. The predicted molar refractivity (Wildman–Crippen MR) is 157 cm³/mol. The van der Waals surface area contributed by atoms with Gasteiger partial charge in [0.15, 0.2) is 0 Å². The van der Waals surface area contributed by atoms with Gasteiger partial charge >= 0.3 is 24.1 Å². The van der Waals surface area contributed by atoms with Crippen molar-refractivity contribution in [3.63, 3.8) is 0 Å². The number of esters is 1. The molecular formula is C31H28F3N5O6. The van der Waals surface area contributed by atoms with E-state index in [1.54, 1.807) is 48.5 Å². The van der Waals surface area contributed by atoms with E-state index in [0.29, 0.717) is 33.6 Å². The van der Waals surface area contributed by atoms with Gasteiger partial charge in [0.25, 0.3) is 5.91 Å². The second-order valence-corrected chi connectivity index (χ2v) is 10.6. The Morgan fingerprint density at radius 1 is 1.04 bits per heavy atom. The van der Waals surface area contributed by atoms with E-state index in [1.807, 2.05) is 0 Å². The summed E-state index contributed by atoms with van der Waals surface area (Å²) in [5.74, 6) is -2.47. The van der Waals surface area contributed by atoms with E-state index in [1.165, 1.54) is 36.8 Å². The lowest BCUT2D eigenvalue weighted by Crippen LogP contribution is -2.43. The highest BCUT2D eigenvalue weighted by Crippen LogP contribution is 2.39. The number of carbonyl (C=O) groups is 4. The van der Waals surface area contributed by atoms with Gasteiger partial charge in [-0.1, -0.05) is 18.2 Å². The first-order valence-electron chi connectivity index (χ1n) is 13.4. The zero-order chi connectivity index (χ0) is 33.1. The molecule has 0 bridgehead atoms. The molecule has 0 aliphatic carbocycles. The van der Waals surface area contributed by atoms with Gasteiger partial charge < -0.3 is 25.0 Å². The van der Waals surface area contributed by atoms with Gasteiger partial charge in [0.2, 0.25) is 0 Å². The largest absolute Gasteiger partial charge is 0.480 e. The first kappa shape index (κ1) is 32.3. The fraction of sp³-hybridized carbons (Fsp3) is 0.258. The molecule has 3 aromatic carbocycles. The standard InChI is InChI=1S/C31H28F3N5O6/c1-30(2)28(43)39(23-11-8-19(15-35)24(14-23)31(32,33)34)29(44)38(30)16-20-6-4-5-7-25(20)36-21-9-12-22(13-10-21)37(17-26(40)41)18-27(42)45-3/h4-14,36H,16-18H2,1-3H3,(H,40,41).